The van der Waals surface area contributed by atoms with E-state index in [1.807, 2.05) is 36.4 Å². The van der Waals surface area contributed by atoms with Gasteiger partial charge in [-0.3, -0.25) is 4.79 Å². The van der Waals surface area contributed by atoms with Crippen LogP contribution >= 0.6 is 27.5 Å². The number of hydrogen-bond donors (Lipinski definition) is 1. The number of piperidine rings is 1. The normalized spacial score (nSPS) is 15.4. The van der Waals surface area contributed by atoms with E-state index < -0.39 is 0 Å². The zero-order valence-corrected chi connectivity index (χ0v) is 15.9. The predicted octanol–water partition coefficient (Wildman–Crippen LogP) is 5.59. The maximum atomic E-state index is 12.4. The lowest BCUT2D eigenvalue weighted by Crippen LogP contribution is -2.32. The van der Waals surface area contributed by atoms with Gasteiger partial charge in [0, 0.05) is 23.2 Å². The zero-order chi connectivity index (χ0) is 17.1. The van der Waals surface area contributed by atoms with Gasteiger partial charge in [-0.25, -0.2) is 0 Å². The van der Waals surface area contributed by atoms with E-state index in [1.54, 1.807) is 6.07 Å². The molecular formula is C19H20BrClN2O. The number of benzene rings is 2. The summed E-state index contributed by atoms with van der Waals surface area (Å²) in [6.45, 7) is 4.35. The third-order valence-electron chi connectivity index (χ3n) is 4.45. The van der Waals surface area contributed by atoms with Gasteiger partial charge in [0.2, 0.25) is 0 Å². The molecule has 0 bridgehead atoms. The molecule has 1 heterocycles. The van der Waals surface area contributed by atoms with Crippen LogP contribution in [0, 0.1) is 5.92 Å². The van der Waals surface area contributed by atoms with Gasteiger partial charge in [-0.15, -0.1) is 0 Å². The number of carbonyl (C=O) groups excluding carboxylic acids is 1. The average molecular weight is 408 g/mol. The van der Waals surface area contributed by atoms with Gasteiger partial charge in [0.15, 0.2) is 0 Å². The van der Waals surface area contributed by atoms with Gasteiger partial charge in [0.05, 0.1) is 16.3 Å². The summed E-state index contributed by atoms with van der Waals surface area (Å²) in [7, 11) is 0. The van der Waals surface area contributed by atoms with Crippen molar-refractivity contribution in [2.75, 3.05) is 23.3 Å². The Balaban J connectivity index is 1.73. The van der Waals surface area contributed by atoms with Gasteiger partial charge >= 0.3 is 0 Å². The summed E-state index contributed by atoms with van der Waals surface area (Å²) in [5.41, 5.74) is 2.35. The van der Waals surface area contributed by atoms with E-state index in [0.717, 1.165) is 29.2 Å². The molecule has 0 atom stereocenters. The molecule has 24 heavy (non-hydrogen) atoms. The fraction of sp³-hybridized carbons (Fsp3) is 0.316. The second-order valence-corrected chi connectivity index (χ2v) is 7.53. The highest BCUT2D eigenvalue weighted by Gasteiger charge is 2.18. The first kappa shape index (κ1) is 17.3. The van der Waals surface area contributed by atoms with Gasteiger partial charge < -0.3 is 10.2 Å². The SMILES string of the molecule is CC1CCN(c2ccc(NC(=O)c3ccccc3Br)cc2Cl)CC1. The van der Waals surface area contributed by atoms with Gasteiger partial charge in [0.1, 0.15) is 0 Å². The van der Waals surface area contributed by atoms with E-state index >= 15 is 0 Å². The van der Waals surface area contributed by atoms with Crippen LogP contribution in [0.25, 0.3) is 0 Å². The molecule has 1 N–H and O–H groups in total. The van der Waals surface area contributed by atoms with Crippen molar-refractivity contribution < 1.29 is 4.79 Å². The Bertz CT molecular complexity index is 742. The fourth-order valence-corrected chi connectivity index (χ4v) is 3.70. The van der Waals surface area contributed by atoms with Gasteiger partial charge in [0.25, 0.3) is 5.91 Å². The van der Waals surface area contributed by atoms with Crippen molar-refractivity contribution in [2.45, 2.75) is 19.8 Å². The molecular weight excluding hydrogens is 388 g/mol. The first-order valence-corrected chi connectivity index (χ1v) is 9.32. The number of carbonyl (C=O) groups is 1. The standard InChI is InChI=1S/C19H20BrClN2O/c1-13-8-10-23(11-9-13)18-7-6-14(12-17(18)21)22-19(24)15-4-2-3-5-16(15)20/h2-7,12-13H,8-11H2,1H3,(H,22,24). The Kier molecular flexibility index (Phi) is 5.47. The number of hydrogen-bond acceptors (Lipinski definition) is 2. The molecule has 0 unspecified atom stereocenters. The quantitative estimate of drug-likeness (QED) is 0.719. The van der Waals surface area contributed by atoms with Crippen molar-refractivity contribution in [1.29, 1.82) is 0 Å². The molecule has 1 fully saturated rings. The molecule has 3 nitrogen and oxygen atoms in total. The Labute approximate surface area is 156 Å². The van der Waals surface area contributed by atoms with Crippen LogP contribution in [-0.4, -0.2) is 19.0 Å². The molecule has 0 aromatic heterocycles. The van der Waals surface area contributed by atoms with Gasteiger partial charge in [-0.1, -0.05) is 30.7 Å². The summed E-state index contributed by atoms with van der Waals surface area (Å²) >= 11 is 9.86. The Morgan fingerprint density at radius 2 is 1.92 bits per heavy atom. The third-order valence-corrected chi connectivity index (χ3v) is 5.44. The molecule has 1 saturated heterocycles. The summed E-state index contributed by atoms with van der Waals surface area (Å²) < 4.78 is 0.771. The smallest absolute Gasteiger partial charge is 0.256 e. The van der Waals surface area contributed by atoms with Crippen molar-refractivity contribution >= 4 is 44.8 Å². The van der Waals surface area contributed by atoms with E-state index in [-0.39, 0.29) is 5.91 Å². The monoisotopic (exact) mass is 406 g/mol. The lowest BCUT2D eigenvalue weighted by molar-refractivity contribution is 0.102. The van der Waals surface area contributed by atoms with Crippen LogP contribution in [0.4, 0.5) is 11.4 Å². The molecule has 3 rings (SSSR count). The van der Waals surface area contributed by atoms with Crippen molar-refractivity contribution in [2.24, 2.45) is 5.92 Å². The lowest BCUT2D eigenvalue weighted by atomic mass is 9.99. The van der Waals surface area contributed by atoms with Gasteiger partial charge in [-0.05, 0) is 65.0 Å². The molecule has 2 aromatic rings. The number of rotatable bonds is 3. The Morgan fingerprint density at radius 3 is 2.58 bits per heavy atom. The van der Waals surface area contributed by atoms with Crippen LogP contribution in [-0.2, 0) is 0 Å². The van der Waals surface area contributed by atoms with Gasteiger partial charge in [-0.2, -0.15) is 0 Å². The molecule has 2 aromatic carbocycles. The minimum Gasteiger partial charge on any atom is -0.370 e. The Hall–Kier alpha value is -1.52. The average Bonchev–Trinajstić information content (AvgIpc) is 2.56. The number of halogens is 2. The zero-order valence-electron chi connectivity index (χ0n) is 13.6. The highest BCUT2D eigenvalue weighted by Crippen LogP contribution is 2.32. The van der Waals surface area contributed by atoms with Crippen LogP contribution in [0.15, 0.2) is 46.9 Å². The second kappa shape index (κ2) is 7.58. The van der Waals surface area contributed by atoms with Crippen LogP contribution < -0.4 is 10.2 Å². The molecule has 0 saturated carbocycles. The second-order valence-electron chi connectivity index (χ2n) is 6.27. The maximum Gasteiger partial charge on any atom is 0.256 e. The number of nitrogens with zero attached hydrogens (tertiary/aromatic N) is 1. The molecule has 0 aliphatic carbocycles. The topological polar surface area (TPSA) is 32.3 Å². The highest BCUT2D eigenvalue weighted by molar-refractivity contribution is 9.10. The van der Waals surface area contributed by atoms with Crippen molar-refractivity contribution in [1.82, 2.24) is 0 Å². The summed E-state index contributed by atoms with van der Waals surface area (Å²) in [5, 5.41) is 3.58. The minimum atomic E-state index is -0.155. The first-order valence-electron chi connectivity index (χ1n) is 8.15. The largest absolute Gasteiger partial charge is 0.370 e. The predicted molar refractivity (Wildman–Crippen MR) is 104 cm³/mol. The van der Waals surface area contributed by atoms with Crippen LogP contribution in [0.1, 0.15) is 30.1 Å². The maximum absolute atomic E-state index is 12.4. The van der Waals surface area contributed by atoms with Crippen LogP contribution in [0.3, 0.4) is 0 Å². The summed E-state index contributed by atoms with van der Waals surface area (Å²) in [6.07, 6.45) is 2.38. The summed E-state index contributed by atoms with van der Waals surface area (Å²) in [5.74, 6) is 0.626. The molecule has 5 heteroatoms. The third kappa shape index (κ3) is 3.93. The van der Waals surface area contributed by atoms with Crippen LogP contribution in [0.2, 0.25) is 5.02 Å². The van der Waals surface area contributed by atoms with Crippen LogP contribution in [0.5, 0.6) is 0 Å². The van der Waals surface area contributed by atoms with E-state index in [9.17, 15) is 4.79 Å². The van der Waals surface area contributed by atoms with E-state index in [2.05, 4.69) is 33.1 Å². The number of nitrogens with one attached hydrogen (secondary N) is 1. The molecule has 1 aliphatic rings. The fourth-order valence-electron chi connectivity index (χ4n) is 2.93. The summed E-state index contributed by atoms with van der Waals surface area (Å²) in [4.78, 5) is 14.7. The Morgan fingerprint density at radius 1 is 1.21 bits per heavy atom. The van der Waals surface area contributed by atoms with Crippen molar-refractivity contribution in [3.8, 4) is 0 Å². The first-order chi connectivity index (χ1) is 11.5. The molecule has 1 amide bonds. The molecule has 0 radical (unpaired) electrons. The van der Waals surface area contributed by atoms with E-state index in [0.29, 0.717) is 16.3 Å². The van der Waals surface area contributed by atoms with E-state index in [4.69, 9.17) is 11.6 Å². The summed E-state index contributed by atoms with van der Waals surface area (Å²) in [6, 6.07) is 13.1. The van der Waals surface area contributed by atoms with Crippen molar-refractivity contribution in [3.05, 3.63) is 57.5 Å². The van der Waals surface area contributed by atoms with Crippen molar-refractivity contribution in [3.63, 3.8) is 0 Å². The minimum absolute atomic E-state index is 0.155. The molecule has 126 valence electrons. The molecule has 0 spiro atoms. The van der Waals surface area contributed by atoms with E-state index in [1.165, 1.54) is 12.8 Å². The molecule has 1 aliphatic heterocycles. The number of anilines is 2. The number of amides is 1. The lowest BCUT2D eigenvalue weighted by Gasteiger charge is -2.32. The highest BCUT2D eigenvalue weighted by atomic mass is 79.9.